The molecule has 2 aromatic carbocycles. The van der Waals surface area contributed by atoms with Crippen LogP contribution in [0.25, 0.3) is 11.0 Å². The third-order valence-electron chi connectivity index (χ3n) is 6.02. The molecule has 0 aliphatic carbocycles. The van der Waals surface area contributed by atoms with Crippen molar-refractivity contribution < 1.29 is 19.1 Å². The molecule has 1 saturated heterocycles. The van der Waals surface area contributed by atoms with E-state index < -0.39 is 0 Å². The van der Waals surface area contributed by atoms with E-state index in [-0.39, 0.29) is 17.9 Å². The van der Waals surface area contributed by atoms with Gasteiger partial charge in [0.05, 0.1) is 31.1 Å². The SMILES string of the molecule is CCOc1ccc(CCC(=O)N2CCC(NC(=O)c3ccc4nc[nH]c4c3)CC2)cc1OC. The summed E-state index contributed by atoms with van der Waals surface area (Å²) >= 11 is 0. The van der Waals surface area contributed by atoms with Crippen molar-refractivity contribution in [2.45, 2.75) is 38.6 Å². The third kappa shape index (κ3) is 5.45. The molecule has 1 fully saturated rings. The van der Waals surface area contributed by atoms with Gasteiger partial charge in [-0.15, -0.1) is 0 Å². The number of aromatic nitrogens is 2. The van der Waals surface area contributed by atoms with Crippen LogP contribution in [0.4, 0.5) is 0 Å². The smallest absolute Gasteiger partial charge is 0.251 e. The normalized spacial score (nSPS) is 14.3. The summed E-state index contributed by atoms with van der Waals surface area (Å²) in [5, 5.41) is 3.10. The lowest BCUT2D eigenvalue weighted by atomic mass is 10.0. The maximum atomic E-state index is 12.7. The van der Waals surface area contributed by atoms with Gasteiger partial charge in [-0.05, 0) is 62.1 Å². The molecule has 8 nitrogen and oxygen atoms in total. The van der Waals surface area contributed by atoms with Crippen molar-refractivity contribution >= 4 is 22.8 Å². The van der Waals surface area contributed by atoms with Gasteiger partial charge in [0.2, 0.25) is 5.91 Å². The number of nitrogens with one attached hydrogen (secondary N) is 2. The number of aryl methyl sites for hydroxylation is 1. The summed E-state index contributed by atoms with van der Waals surface area (Å²) in [6, 6.07) is 11.3. The van der Waals surface area contributed by atoms with Crippen molar-refractivity contribution in [3.63, 3.8) is 0 Å². The lowest BCUT2D eigenvalue weighted by Gasteiger charge is -2.32. The topological polar surface area (TPSA) is 96.5 Å². The Morgan fingerprint density at radius 3 is 2.73 bits per heavy atom. The highest BCUT2D eigenvalue weighted by molar-refractivity contribution is 5.97. The Bertz CT molecular complexity index is 1120. The number of benzene rings is 2. The molecule has 0 atom stereocenters. The first-order valence-electron chi connectivity index (χ1n) is 11.4. The highest BCUT2D eigenvalue weighted by Crippen LogP contribution is 2.28. The Balaban J connectivity index is 1.24. The second-order valence-corrected chi connectivity index (χ2v) is 8.18. The molecule has 3 aromatic rings. The Morgan fingerprint density at radius 1 is 1.15 bits per heavy atom. The number of hydrogen-bond acceptors (Lipinski definition) is 5. The highest BCUT2D eigenvalue weighted by Gasteiger charge is 2.24. The monoisotopic (exact) mass is 450 g/mol. The molecule has 1 aromatic heterocycles. The number of rotatable bonds is 8. The predicted octanol–water partition coefficient (Wildman–Crippen LogP) is 3.32. The first-order valence-corrected chi connectivity index (χ1v) is 11.4. The van der Waals surface area contributed by atoms with Crippen molar-refractivity contribution in [3.8, 4) is 11.5 Å². The van der Waals surface area contributed by atoms with Crippen LogP contribution in [-0.2, 0) is 11.2 Å². The van der Waals surface area contributed by atoms with Crippen molar-refractivity contribution in [1.29, 1.82) is 0 Å². The van der Waals surface area contributed by atoms with Crippen LogP contribution >= 0.6 is 0 Å². The molecule has 0 unspecified atom stereocenters. The van der Waals surface area contributed by atoms with E-state index in [0.29, 0.717) is 49.6 Å². The van der Waals surface area contributed by atoms with E-state index in [0.717, 1.165) is 29.4 Å². The van der Waals surface area contributed by atoms with E-state index in [1.807, 2.05) is 42.2 Å². The van der Waals surface area contributed by atoms with Crippen molar-refractivity contribution in [2.75, 3.05) is 26.8 Å². The molecule has 2 amide bonds. The summed E-state index contributed by atoms with van der Waals surface area (Å²) in [5.74, 6) is 1.44. The van der Waals surface area contributed by atoms with E-state index in [1.165, 1.54) is 0 Å². The molecule has 0 saturated carbocycles. The number of methoxy groups -OCH3 is 1. The van der Waals surface area contributed by atoms with E-state index in [1.54, 1.807) is 19.5 Å². The molecule has 174 valence electrons. The van der Waals surface area contributed by atoms with Crippen LogP contribution in [0.2, 0.25) is 0 Å². The fourth-order valence-electron chi connectivity index (χ4n) is 4.17. The van der Waals surface area contributed by atoms with Crippen molar-refractivity contribution in [1.82, 2.24) is 20.2 Å². The molecule has 0 radical (unpaired) electrons. The number of imidazole rings is 1. The lowest BCUT2D eigenvalue weighted by molar-refractivity contribution is -0.132. The van der Waals surface area contributed by atoms with Crippen LogP contribution in [-0.4, -0.2) is 59.5 Å². The van der Waals surface area contributed by atoms with Gasteiger partial charge in [-0.25, -0.2) is 4.98 Å². The van der Waals surface area contributed by atoms with E-state index in [4.69, 9.17) is 9.47 Å². The molecule has 1 aliphatic rings. The second kappa shape index (κ2) is 10.4. The number of H-pyrrole nitrogens is 1. The number of carbonyl (C=O) groups is 2. The van der Waals surface area contributed by atoms with E-state index in [9.17, 15) is 9.59 Å². The van der Waals surface area contributed by atoms with E-state index >= 15 is 0 Å². The molecule has 2 heterocycles. The van der Waals surface area contributed by atoms with Crippen LogP contribution < -0.4 is 14.8 Å². The number of fused-ring (bicyclic) bond motifs is 1. The zero-order valence-corrected chi connectivity index (χ0v) is 19.1. The molecule has 2 N–H and O–H groups in total. The number of aromatic amines is 1. The Morgan fingerprint density at radius 2 is 1.97 bits per heavy atom. The average molecular weight is 451 g/mol. The number of nitrogens with zero attached hydrogens (tertiary/aromatic N) is 2. The largest absolute Gasteiger partial charge is 0.493 e. The molecular formula is C25H30N4O4. The van der Waals surface area contributed by atoms with Crippen LogP contribution in [0.3, 0.4) is 0 Å². The van der Waals surface area contributed by atoms with E-state index in [2.05, 4.69) is 15.3 Å². The molecule has 4 rings (SSSR count). The van der Waals surface area contributed by atoms with Gasteiger partial charge in [0, 0.05) is 31.1 Å². The standard InChI is InChI=1S/C25H30N4O4/c1-3-33-22-8-4-17(14-23(22)32-2)5-9-24(30)29-12-10-19(11-13-29)28-25(31)18-6-7-20-21(15-18)27-16-26-20/h4,6-8,14-16,19H,3,5,9-13H2,1-2H3,(H,26,27)(H,28,31). The van der Waals surface area contributed by atoms with Crippen LogP contribution in [0.5, 0.6) is 11.5 Å². The highest BCUT2D eigenvalue weighted by atomic mass is 16.5. The Hall–Kier alpha value is -3.55. The van der Waals surface area contributed by atoms with Gasteiger partial charge in [-0.3, -0.25) is 9.59 Å². The molecule has 8 heteroatoms. The average Bonchev–Trinajstić information content (AvgIpc) is 3.32. The summed E-state index contributed by atoms with van der Waals surface area (Å²) in [6.07, 6.45) is 4.21. The fourth-order valence-corrected chi connectivity index (χ4v) is 4.17. The summed E-state index contributed by atoms with van der Waals surface area (Å²) in [4.78, 5) is 34.4. The maximum absolute atomic E-state index is 12.7. The molecule has 0 spiro atoms. The number of carbonyl (C=O) groups excluding carboxylic acids is 2. The minimum atomic E-state index is -0.0966. The van der Waals surface area contributed by atoms with Crippen LogP contribution in [0.15, 0.2) is 42.7 Å². The van der Waals surface area contributed by atoms with Gasteiger partial charge in [0.25, 0.3) is 5.91 Å². The number of likely N-dealkylation sites (tertiary alicyclic amines) is 1. The fraction of sp³-hybridized carbons (Fsp3) is 0.400. The molecule has 33 heavy (non-hydrogen) atoms. The van der Waals surface area contributed by atoms with Crippen LogP contribution in [0, 0.1) is 0 Å². The minimum absolute atomic E-state index is 0.0642. The number of piperidine rings is 1. The van der Waals surface area contributed by atoms with Gasteiger partial charge < -0.3 is 24.7 Å². The third-order valence-corrected chi connectivity index (χ3v) is 6.02. The summed E-state index contributed by atoms with van der Waals surface area (Å²) < 4.78 is 10.9. The number of amides is 2. The quantitative estimate of drug-likeness (QED) is 0.549. The number of hydrogen-bond donors (Lipinski definition) is 2. The van der Waals surface area contributed by atoms with Crippen molar-refractivity contribution in [3.05, 3.63) is 53.9 Å². The summed E-state index contributed by atoms with van der Waals surface area (Å²) in [6.45, 7) is 3.80. The van der Waals surface area contributed by atoms with Crippen molar-refractivity contribution in [2.24, 2.45) is 0 Å². The zero-order chi connectivity index (χ0) is 23.2. The minimum Gasteiger partial charge on any atom is -0.493 e. The maximum Gasteiger partial charge on any atom is 0.251 e. The predicted molar refractivity (Wildman–Crippen MR) is 126 cm³/mol. The number of ether oxygens (including phenoxy) is 2. The molecular weight excluding hydrogens is 420 g/mol. The van der Waals surface area contributed by atoms with Gasteiger partial charge in [-0.2, -0.15) is 0 Å². The Kier molecular flexibility index (Phi) is 7.12. The first-order chi connectivity index (χ1) is 16.1. The summed E-state index contributed by atoms with van der Waals surface area (Å²) in [5.41, 5.74) is 3.33. The first kappa shape index (κ1) is 22.6. The van der Waals surface area contributed by atoms with Gasteiger partial charge in [-0.1, -0.05) is 6.07 Å². The van der Waals surface area contributed by atoms with Crippen LogP contribution in [0.1, 0.15) is 42.1 Å². The Labute approximate surface area is 193 Å². The zero-order valence-electron chi connectivity index (χ0n) is 19.1. The molecule has 1 aliphatic heterocycles. The van der Waals surface area contributed by atoms with Gasteiger partial charge >= 0.3 is 0 Å². The molecule has 0 bridgehead atoms. The van der Waals surface area contributed by atoms with Gasteiger partial charge in [0.1, 0.15) is 0 Å². The van der Waals surface area contributed by atoms with Gasteiger partial charge in [0.15, 0.2) is 11.5 Å². The lowest BCUT2D eigenvalue weighted by Crippen LogP contribution is -2.46. The summed E-state index contributed by atoms with van der Waals surface area (Å²) in [7, 11) is 1.62. The second-order valence-electron chi connectivity index (χ2n) is 8.18.